The van der Waals surface area contributed by atoms with Crippen molar-refractivity contribution in [3.63, 3.8) is 0 Å². The van der Waals surface area contributed by atoms with Gasteiger partial charge in [0.05, 0.1) is 17.9 Å². The molecule has 0 aromatic heterocycles. The Morgan fingerprint density at radius 3 is 2.42 bits per heavy atom. The highest BCUT2D eigenvalue weighted by molar-refractivity contribution is 5.95. The zero-order valence-corrected chi connectivity index (χ0v) is 12.8. The standard InChI is InChI=1S/C17H15F2NO4/c1-23-9-11-2-4-12(5-3-11)17(22)24-10-16(21)20-15-7-6-13(18)8-14(15)19/h2-8H,9-10H2,1H3,(H,20,21). The highest BCUT2D eigenvalue weighted by Gasteiger charge is 2.12. The topological polar surface area (TPSA) is 64.6 Å². The first-order valence-corrected chi connectivity index (χ1v) is 6.99. The van der Waals surface area contributed by atoms with Crippen LogP contribution in [-0.2, 0) is 20.9 Å². The van der Waals surface area contributed by atoms with Crippen LogP contribution < -0.4 is 5.32 Å². The van der Waals surface area contributed by atoms with E-state index in [1.54, 1.807) is 31.4 Å². The van der Waals surface area contributed by atoms with Crippen molar-refractivity contribution in [1.82, 2.24) is 0 Å². The third-order valence-electron chi connectivity index (χ3n) is 3.04. The van der Waals surface area contributed by atoms with Crippen LogP contribution in [0.2, 0.25) is 0 Å². The Bertz CT molecular complexity index is 732. The summed E-state index contributed by atoms with van der Waals surface area (Å²) in [7, 11) is 1.56. The molecule has 5 nitrogen and oxygen atoms in total. The SMILES string of the molecule is COCc1ccc(C(=O)OCC(=O)Nc2ccc(F)cc2F)cc1. The number of benzene rings is 2. The zero-order valence-electron chi connectivity index (χ0n) is 12.8. The van der Waals surface area contributed by atoms with Crippen molar-refractivity contribution in [3.05, 3.63) is 65.2 Å². The van der Waals surface area contributed by atoms with E-state index in [0.717, 1.165) is 17.7 Å². The number of carbonyl (C=O) groups excluding carboxylic acids is 2. The van der Waals surface area contributed by atoms with Gasteiger partial charge in [-0.15, -0.1) is 0 Å². The summed E-state index contributed by atoms with van der Waals surface area (Å²) in [4.78, 5) is 23.5. The van der Waals surface area contributed by atoms with Crippen molar-refractivity contribution in [2.75, 3.05) is 19.0 Å². The lowest BCUT2D eigenvalue weighted by Gasteiger charge is -2.08. The number of esters is 1. The third kappa shape index (κ3) is 4.85. The second-order valence-electron chi connectivity index (χ2n) is 4.88. The minimum absolute atomic E-state index is 0.193. The maximum Gasteiger partial charge on any atom is 0.338 e. The molecule has 0 fully saturated rings. The molecule has 126 valence electrons. The summed E-state index contributed by atoms with van der Waals surface area (Å²) in [6, 6.07) is 9.24. The van der Waals surface area contributed by atoms with Gasteiger partial charge in [0.25, 0.3) is 5.91 Å². The van der Waals surface area contributed by atoms with Gasteiger partial charge >= 0.3 is 5.97 Å². The van der Waals surface area contributed by atoms with E-state index >= 15 is 0 Å². The Labute approximate surface area is 137 Å². The van der Waals surface area contributed by atoms with Crippen LogP contribution >= 0.6 is 0 Å². The fourth-order valence-corrected chi connectivity index (χ4v) is 1.90. The zero-order chi connectivity index (χ0) is 17.5. The number of rotatable bonds is 6. The number of amides is 1. The number of anilines is 1. The van der Waals surface area contributed by atoms with Gasteiger partial charge in [0.1, 0.15) is 11.6 Å². The first kappa shape index (κ1) is 17.6. The summed E-state index contributed by atoms with van der Waals surface area (Å²) < 4.78 is 36.0. The van der Waals surface area contributed by atoms with Crippen LogP contribution in [0, 0.1) is 11.6 Å². The summed E-state index contributed by atoms with van der Waals surface area (Å²) in [5.41, 5.74) is 0.968. The van der Waals surface area contributed by atoms with Gasteiger partial charge in [-0.25, -0.2) is 13.6 Å². The summed E-state index contributed by atoms with van der Waals surface area (Å²) >= 11 is 0. The lowest BCUT2D eigenvalue weighted by Crippen LogP contribution is -2.21. The average Bonchev–Trinajstić information content (AvgIpc) is 2.56. The normalized spacial score (nSPS) is 10.3. The largest absolute Gasteiger partial charge is 0.452 e. The number of hydrogen-bond acceptors (Lipinski definition) is 4. The van der Waals surface area contributed by atoms with E-state index in [2.05, 4.69) is 5.32 Å². The van der Waals surface area contributed by atoms with E-state index in [9.17, 15) is 18.4 Å². The van der Waals surface area contributed by atoms with Gasteiger partial charge in [0.15, 0.2) is 6.61 Å². The van der Waals surface area contributed by atoms with Crippen molar-refractivity contribution >= 4 is 17.6 Å². The van der Waals surface area contributed by atoms with Crippen LogP contribution in [0.15, 0.2) is 42.5 Å². The van der Waals surface area contributed by atoms with Crippen molar-refractivity contribution < 1.29 is 27.8 Å². The molecule has 7 heteroatoms. The highest BCUT2D eigenvalue weighted by atomic mass is 19.1. The Hall–Kier alpha value is -2.80. The van der Waals surface area contributed by atoms with E-state index < -0.39 is 30.1 Å². The van der Waals surface area contributed by atoms with Crippen LogP contribution in [0.4, 0.5) is 14.5 Å². The van der Waals surface area contributed by atoms with Crippen molar-refractivity contribution in [1.29, 1.82) is 0 Å². The van der Waals surface area contributed by atoms with Crippen LogP contribution in [-0.4, -0.2) is 25.6 Å². The molecule has 1 amide bonds. The molecule has 0 heterocycles. The molecule has 24 heavy (non-hydrogen) atoms. The average molecular weight is 335 g/mol. The molecule has 1 N–H and O–H groups in total. The number of nitrogens with one attached hydrogen (secondary N) is 1. The van der Waals surface area contributed by atoms with Crippen LogP contribution in [0.5, 0.6) is 0 Å². The number of ether oxygens (including phenoxy) is 2. The van der Waals surface area contributed by atoms with E-state index in [0.29, 0.717) is 12.7 Å². The minimum Gasteiger partial charge on any atom is -0.452 e. The smallest absolute Gasteiger partial charge is 0.338 e. The summed E-state index contributed by atoms with van der Waals surface area (Å²) in [6.45, 7) is -0.170. The van der Waals surface area contributed by atoms with E-state index in [4.69, 9.17) is 9.47 Å². The molecule has 0 radical (unpaired) electrons. The van der Waals surface area contributed by atoms with Gasteiger partial charge in [-0.1, -0.05) is 12.1 Å². The fourth-order valence-electron chi connectivity index (χ4n) is 1.90. The Morgan fingerprint density at radius 2 is 1.79 bits per heavy atom. The van der Waals surface area contributed by atoms with Crippen molar-refractivity contribution in [2.24, 2.45) is 0 Å². The lowest BCUT2D eigenvalue weighted by molar-refractivity contribution is -0.119. The second-order valence-corrected chi connectivity index (χ2v) is 4.88. The van der Waals surface area contributed by atoms with Gasteiger partial charge < -0.3 is 14.8 Å². The quantitative estimate of drug-likeness (QED) is 0.825. The molecule has 0 spiro atoms. The summed E-state index contributed by atoms with van der Waals surface area (Å²) in [6.07, 6.45) is 0. The van der Waals surface area contributed by atoms with Crippen LogP contribution in [0.25, 0.3) is 0 Å². The van der Waals surface area contributed by atoms with E-state index in [1.807, 2.05) is 0 Å². The first-order chi connectivity index (χ1) is 11.5. The Morgan fingerprint density at radius 1 is 1.08 bits per heavy atom. The van der Waals surface area contributed by atoms with Crippen LogP contribution in [0.1, 0.15) is 15.9 Å². The van der Waals surface area contributed by atoms with Gasteiger partial charge in [0.2, 0.25) is 0 Å². The third-order valence-corrected chi connectivity index (χ3v) is 3.04. The monoisotopic (exact) mass is 335 g/mol. The molecule has 2 rings (SSSR count). The van der Waals surface area contributed by atoms with Crippen LogP contribution in [0.3, 0.4) is 0 Å². The molecule has 0 atom stereocenters. The Balaban J connectivity index is 1.87. The molecule has 0 aliphatic rings. The first-order valence-electron chi connectivity index (χ1n) is 6.99. The second kappa shape index (κ2) is 8.16. The van der Waals surface area contributed by atoms with Crippen molar-refractivity contribution in [3.8, 4) is 0 Å². The van der Waals surface area contributed by atoms with E-state index in [1.165, 1.54) is 0 Å². The van der Waals surface area contributed by atoms with Gasteiger partial charge in [-0.05, 0) is 29.8 Å². The molecule has 2 aromatic rings. The maximum atomic E-state index is 13.4. The predicted molar refractivity (Wildman–Crippen MR) is 82.4 cm³/mol. The van der Waals surface area contributed by atoms with Gasteiger partial charge in [0, 0.05) is 13.2 Å². The van der Waals surface area contributed by atoms with Crippen molar-refractivity contribution in [2.45, 2.75) is 6.61 Å². The minimum atomic E-state index is -0.914. The molecule has 0 saturated heterocycles. The molecular weight excluding hydrogens is 320 g/mol. The lowest BCUT2D eigenvalue weighted by atomic mass is 10.1. The number of halogens is 2. The number of carbonyl (C=O) groups is 2. The molecular formula is C17H15F2NO4. The molecule has 0 bridgehead atoms. The molecule has 0 aliphatic carbocycles. The molecule has 2 aromatic carbocycles. The van der Waals surface area contributed by atoms with Gasteiger partial charge in [-0.2, -0.15) is 0 Å². The highest BCUT2D eigenvalue weighted by Crippen LogP contribution is 2.14. The fraction of sp³-hybridized carbons (Fsp3) is 0.176. The molecule has 0 unspecified atom stereocenters. The summed E-state index contributed by atoms with van der Waals surface area (Å²) in [5, 5.41) is 2.20. The molecule has 0 aliphatic heterocycles. The predicted octanol–water partition coefficient (Wildman–Crippen LogP) is 2.91. The number of hydrogen-bond donors (Lipinski definition) is 1. The van der Waals surface area contributed by atoms with E-state index in [-0.39, 0.29) is 11.3 Å². The number of methoxy groups -OCH3 is 1. The van der Waals surface area contributed by atoms with Gasteiger partial charge in [-0.3, -0.25) is 4.79 Å². The maximum absolute atomic E-state index is 13.4. The summed E-state index contributed by atoms with van der Waals surface area (Å²) in [5.74, 6) is -3.09. The Kier molecular flexibility index (Phi) is 5.97. The molecule has 0 saturated carbocycles.